The van der Waals surface area contributed by atoms with Gasteiger partial charge in [-0.05, 0) is 54.6 Å². The van der Waals surface area contributed by atoms with Gasteiger partial charge in [-0.3, -0.25) is 14.3 Å². The Morgan fingerprint density at radius 3 is 2.36 bits per heavy atom. The normalized spacial score (nSPS) is 10.2. The predicted molar refractivity (Wildman–Crippen MR) is 108 cm³/mol. The minimum Gasteiger partial charge on any atom is -0.454 e. The van der Waals surface area contributed by atoms with Gasteiger partial charge >= 0.3 is 0 Å². The summed E-state index contributed by atoms with van der Waals surface area (Å²) in [7, 11) is 3.46. The highest BCUT2D eigenvalue weighted by Gasteiger charge is 2.10. The van der Waals surface area contributed by atoms with Gasteiger partial charge in [0, 0.05) is 31.0 Å². The van der Waals surface area contributed by atoms with Crippen LogP contribution in [0.4, 0.5) is 11.4 Å². The van der Waals surface area contributed by atoms with Gasteiger partial charge in [0.1, 0.15) is 5.75 Å². The molecule has 2 amide bonds. The first-order chi connectivity index (χ1) is 13.5. The number of hydrogen-bond acceptors (Lipinski definition) is 4. The Morgan fingerprint density at radius 2 is 1.79 bits per heavy atom. The predicted octanol–water partition coefficient (Wildman–Crippen LogP) is 3.61. The van der Waals surface area contributed by atoms with Crippen molar-refractivity contribution in [3.05, 3.63) is 79.1 Å². The Kier molecular flexibility index (Phi) is 5.55. The van der Waals surface area contributed by atoms with E-state index in [2.05, 4.69) is 17.0 Å². The molecule has 142 valence electrons. The monoisotopic (exact) mass is 376 g/mol. The molecule has 0 spiro atoms. The van der Waals surface area contributed by atoms with Gasteiger partial charge in [0.05, 0.1) is 12.4 Å². The van der Waals surface area contributed by atoms with E-state index in [1.54, 1.807) is 72.7 Å². The van der Waals surface area contributed by atoms with Crippen molar-refractivity contribution in [2.24, 2.45) is 7.05 Å². The largest absolute Gasteiger partial charge is 0.454 e. The van der Waals surface area contributed by atoms with Crippen LogP contribution in [-0.4, -0.2) is 28.6 Å². The number of benzene rings is 2. The lowest BCUT2D eigenvalue weighted by molar-refractivity contribution is -0.113. The molecule has 0 unspecified atom stereocenters. The Labute approximate surface area is 162 Å². The van der Waals surface area contributed by atoms with Crippen LogP contribution in [0.15, 0.2) is 73.6 Å². The van der Waals surface area contributed by atoms with Crippen LogP contribution >= 0.6 is 0 Å². The standard InChI is InChI=1S/C21H20N4O3/c1-4-20(26)25(3)17-9-5-15(6-10-17)21(27)23-16-7-11-18(12-8-16)28-19-13-22-24(2)14-19/h4-14H,1H2,2-3H3,(H,23,27). The van der Waals surface area contributed by atoms with Crippen molar-refractivity contribution in [2.45, 2.75) is 0 Å². The minimum atomic E-state index is -0.245. The molecule has 0 aliphatic heterocycles. The lowest BCUT2D eigenvalue weighted by Gasteiger charge is -2.15. The number of carbonyl (C=O) groups excluding carboxylic acids is 2. The number of nitrogens with one attached hydrogen (secondary N) is 1. The first-order valence-corrected chi connectivity index (χ1v) is 8.54. The van der Waals surface area contributed by atoms with E-state index in [0.717, 1.165) is 0 Å². The number of anilines is 2. The number of aryl methyl sites for hydroxylation is 1. The Hall–Kier alpha value is -3.87. The summed E-state index contributed by atoms with van der Waals surface area (Å²) in [6.45, 7) is 3.46. The van der Waals surface area contributed by atoms with Crippen molar-refractivity contribution < 1.29 is 14.3 Å². The summed E-state index contributed by atoms with van der Waals surface area (Å²) in [4.78, 5) is 25.5. The van der Waals surface area contributed by atoms with Gasteiger partial charge in [0.25, 0.3) is 5.91 Å². The minimum absolute atomic E-state index is 0.217. The number of carbonyl (C=O) groups is 2. The topological polar surface area (TPSA) is 76.5 Å². The van der Waals surface area contributed by atoms with Gasteiger partial charge in [0.15, 0.2) is 5.75 Å². The average Bonchev–Trinajstić information content (AvgIpc) is 3.13. The van der Waals surface area contributed by atoms with E-state index in [0.29, 0.717) is 28.4 Å². The zero-order chi connectivity index (χ0) is 20.1. The Morgan fingerprint density at radius 1 is 1.11 bits per heavy atom. The molecular formula is C21H20N4O3. The highest BCUT2D eigenvalue weighted by atomic mass is 16.5. The van der Waals surface area contributed by atoms with Crippen molar-refractivity contribution in [3.63, 3.8) is 0 Å². The second-order valence-electron chi connectivity index (χ2n) is 6.08. The lowest BCUT2D eigenvalue weighted by atomic mass is 10.1. The zero-order valence-electron chi connectivity index (χ0n) is 15.6. The highest BCUT2D eigenvalue weighted by molar-refractivity contribution is 6.05. The molecule has 7 nitrogen and oxygen atoms in total. The quantitative estimate of drug-likeness (QED) is 0.667. The number of ether oxygens (including phenoxy) is 1. The van der Waals surface area contributed by atoms with E-state index in [1.165, 1.54) is 11.0 Å². The molecule has 7 heteroatoms. The van der Waals surface area contributed by atoms with E-state index in [9.17, 15) is 9.59 Å². The molecule has 0 aliphatic carbocycles. The third-order valence-electron chi connectivity index (χ3n) is 4.05. The maximum atomic E-state index is 12.4. The van der Waals surface area contributed by atoms with Crippen LogP contribution in [0.25, 0.3) is 0 Å². The summed E-state index contributed by atoms with van der Waals surface area (Å²) >= 11 is 0. The SMILES string of the molecule is C=CC(=O)N(C)c1ccc(C(=O)Nc2ccc(Oc3cnn(C)c3)cc2)cc1. The van der Waals surface area contributed by atoms with Gasteiger partial charge in [-0.15, -0.1) is 0 Å². The van der Waals surface area contributed by atoms with Crippen LogP contribution in [0.1, 0.15) is 10.4 Å². The number of likely N-dealkylation sites (N-methyl/N-ethyl adjacent to an activating group) is 1. The summed E-state index contributed by atoms with van der Waals surface area (Å²) in [5.41, 5.74) is 1.81. The fourth-order valence-corrected chi connectivity index (χ4v) is 2.50. The van der Waals surface area contributed by atoms with Crippen LogP contribution in [-0.2, 0) is 11.8 Å². The van der Waals surface area contributed by atoms with E-state index < -0.39 is 0 Å². The molecule has 0 aliphatic rings. The van der Waals surface area contributed by atoms with Crippen LogP contribution in [0, 0.1) is 0 Å². The van der Waals surface area contributed by atoms with Gasteiger partial charge in [0.2, 0.25) is 5.91 Å². The number of rotatable bonds is 6. The van der Waals surface area contributed by atoms with Crippen LogP contribution < -0.4 is 15.0 Å². The molecule has 1 aromatic heterocycles. The molecular weight excluding hydrogens is 356 g/mol. The first kappa shape index (κ1) is 18.9. The van der Waals surface area contributed by atoms with Crippen LogP contribution in [0.5, 0.6) is 11.5 Å². The third kappa shape index (κ3) is 4.45. The fraction of sp³-hybridized carbons (Fsp3) is 0.0952. The molecule has 2 aromatic carbocycles. The highest BCUT2D eigenvalue weighted by Crippen LogP contribution is 2.23. The van der Waals surface area contributed by atoms with Gasteiger partial charge < -0.3 is 15.0 Å². The molecule has 0 bridgehead atoms. The number of nitrogens with zero attached hydrogens (tertiary/aromatic N) is 3. The molecule has 1 heterocycles. The van der Waals surface area contributed by atoms with Crippen molar-refractivity contribution in [1.82, 2.24) is 9.78 Å². The Bertz CT molecular complexity index is 991. The number of amides is 2. The van der Waals surface area contributed by atoms with Crippen molar-refractivity contribution in [1.29, 1.82) is 0 Å². The summed E-state index contributed by atoms with van der Waals surface area (Å²) in [5.74, 6) is 0.820. The molecule has 28 heavy (non-hydrogen) atoms. The van der Waals surface area contributed by atoms with Crippen molar-refractivity contribution in [2.75, 3.05) is 17.3 Å². The third-order valence-corrected chi connectivity index (χ3v) is 4.05. The summed E-state index contributed by atoms with van der Waals surface area (Å²) in [6.07, 6.45) is 4.63. The zero-order valence-corrected chi connectivity index (χ0v) is 15.6. The van der Waals surface area contributed by atoms with Gasteiger partial charge in [-0.1, -0.05) is 6.58 Å². The summed E-state index contributed by atoms with van der Waals surface area (Å²) in [5, 5.41) is 6.87. The number of aromatic nitrogens is 2. The van der Waals surface area contributed by atoms with E-state index >= 15 is 0 Å². The Balaban J connectivity index is 1.62. The molecule has 0 fully saturated rings. The molecule has 1 N–H and O–H groups in total. The van der Waals surface area contributed by atoms with Gasteiger partial charge in [-0.25, -0.2) is 0 Å². The summed E-state index contributed by atoms with van der Waals surface area (Å²) < 4.78 is 7.33. The maximum Gasteiger partial charge on any atom is 0.255 e. The molecule has 3 aromatic rings. The first-order valence-electron chi connectivity index (χ1n) is 8.54. The van der Waals surface area contributed by atoms with Crippen molar-refractivity contribution >= 4 is 23.2 Å². The van der Waals surface area contributed by atoms with Crippen LogP contribution in [0.3, 0.4) is 0 Å². The van der Waals surface area contributed by atoms with Crippen LogP contribution in [0.2, 0.25) is 0 Å². The molecule has 3 rings (SSSR count). The molecule has 0 saturated carbocycles. The second kappa shape index (κ2) is 8.22. The lowest BCUT2D eigenvalue weighted by Crippen LogP contribution is -2.23. The summed E-state index contributed by atoms with van der Waals surface area (Å²) in [6, 6.07) is 13.8. The maximum absolute atomic E-state index is 12.4. The number of hydrogen-bond donors (Lipinski definition) is 1. The molecule has 0 radical (unpaired) electrons. The smallest absolute Gasteiger partial charge is 0.255 e. The van der Waals surface area contributed by atoms with Gasteiger partial charge in [-0.2, -0.15) is 5.10 Å². The molecule has 0 saturated heterocycles. The van der Waals surface area contributed by atoms with E-state index in [-0.39, 0.29) is 11.8 Å². The van der Waals surface area contributed by atoms with E-state index in [1.807, 2.05) is 7.05 Å². The fourth-order valence-electron chi connectivity index (χ4n) is 2.50. The van der Waals surface area contributed by atoms with E-state index in [4.69, 9.17) is 4.74 Å². The average molecular weight is 376 g/mol. The van der Waals surface area contributed by atoms with Crippen molar-refractivity contribution in [3.8, 4) is 11.5 Å². The molecule has 0 atom stereocenters. The second-order valence-corrected chi connectivity index (χ2v) is 6.08.